The Hall–Kier alpha value is 0. The van der Waals surface area contributed by atoms with E-state index in [4.69, 9.17) is 0 Å². The molecule has 0 spiro atoms. The lowest BCUT2D eigenvalue weighted by Crippen LogP contribution is -2.27. The van der Waals surface area contributed by atoms with Crippen molar-refractivity contribution in [2.24, 2.45) is 17.3 Å². The lowest BCUT2D eigenvalue weighted by atomic mass is 9.71. The highest BCUT2D eigenvalue weighted by Gasteiger charge is 2.27. The van der Waals surface area contributed by atoms with Crippen molar-refractivity contribution in [3.8, 4) is 0 Å². The van der Waals surface area contributed by atoms with Crippen molar-refractivity contribution in [3.63, 3.8) is 0 Å². The van der Waals surface area contributed by atoms with E-state index in [-0.39, 0.29) is 0 Å². The van der Waals surface area contributed by atoms with Gasteiger partial charge in [-0.25, -0.2) is 0 Å². The molecule has 0 nitrogen and oxygen atoms in total. The summed E-state index contributed by atoms with van der Waals surface area (Å²) in [6.45, 7) is 15.4. The standard InChI is InChI=1S/C10H21/c1-7-9(4)10(5,6)8(2)3/h8-9H,2,7H2,1,3-6H3. The largest absolute Gasteiger partial charge is 0.0651 e. The molecule has 0 aliphatic heterocycles. The minimum atomic E-state index is 0.398. The zero-order valence-electron chi connectivity index (χ0n) is 8.07. The van der Waals surface area contributed by atoms with Crippen LogP contribution in [-0.2, 0) is 0 Å². The Morgan fingerprint density at radius 2 is 1.70 bits per heavy atom. The molecule has 0 saturated heterocycles. The van der Waals surface area contributed by atoms with Crippen LogP contribution in [0.15, 0.2) is 0 Å². The summed E-state index contributed by atoms with van der Waals surface area (Å²) < 4.78 is 0. The third-order valence-electron chi connectivity index (χ3n) is 3.15. The maximum atomic E-state index is 4.08. The van der Waals surface area contributed by atoms with E-state index in [2.05, 4.69) is 41.5 Å². The average molecular weight is 141 g/mol. The van der Waals surface area contributed by atoms with Gasteiger partial charge in [0.2, 0.25) is 0 Å². The van der Waals surface area contributed by atoms with Crippen LogP contribution in [0.25, 0.3) is 0 Å². The number of rotatable bonds is 3. The third kappa shape index (κ3) is 2.00. The summed E-state index contributed by atoms with van der Waals surface area (Å²) in [7, 11) is 0. The van der Waals surface area contributed by atoms with E-state index in [0.717, 1.165) is 5.92 Å². The second-order valence-corrected chi connectivity index (χ2v) is 4.03. The fourth-order valence-corrected chi connectivity index (χ4v) is 1.01. The first kappa shape index (κ1) is 10.0. The van der Waals surface area contributed by atoms with Crippen LogP contribution in [0.3, 0.4) is 0 Å². The SMILES string of the molecule is [CH2]C(C)C(C)(C)C(C)CC. The molecule has 0 rings (SSSR count). The van der Waals surface area contributed by atoms with Crippen LogP contribution in [0.2, 0.25) is 0 Å². The molecule has 0 N–H and O–H groups in total. The summed E-state index contributed by atoms with van der Waals surface area (Å²) in [6, 6.07) is 0. The van der Waals surface area contributed by atoms with Gasteiger partial charge in [-0.2, -0.15) is 0 Å². The van der Waals surface area contributed by atoms with Crippen LogP contribution in [-0.4, -0.2) is 0 Å². The van der Waals surface area contributed by atoms with Gasteiger partial charge in [-0.05, 0) is 24.2 Å². The lowest BCUT2D eigenvalue weighted by molar-refractivity contribution is 0.164. The van der Waals surface area contributed by atoms with Gasteiger partial charge in [0.1, 0.15) is 0 Å². The number of hydrogen-bond donors (Lipinski definition) is 0. The van der Waals surface area contributed by atoms with Gasteiger partial charge >= 0.3 is 0 Å². The summed E-state index contributed by atoms with van der Waals surface area (Å²) in [6.07, 6.45) is 1.26. The lowest BCUT2D eigenvalue weighted by Gasteiger charge is -2.35. The molecule has 0 aromatic heterocycles. The molecule has 0 saturated carbocycles. The molecule has 2 unspecified atom stereocenters. The minimum absolute atomic E-state index is 0.398. The molecule has 10 heavy (non-hydrogen) atoms. The molecule has 0 aliphatic rings. The monoisotopic (exact) mass is 141 g/mol. The van der Waals surface area contributed by atoms with Gasteiger partial charge in [0.15, 0.2) is 0 Å². The van der Waals surface area contributed by atoms with E-state index in [0.29, 0.717) is 11.3 Å². The van der Waals surface area contributed by atoms with Gasteiger partial charge in [-0.3, -0.25) is 0 Å². The molecular formula is C10H21. The molecule has 0 heterocycles. The van der Waals surface area contributed by atoms with E-state index in [1.807, 2.05) is 0 Å². The first-order chi connectivity index (χ1) is 4.42. The molecule has 0 aliphatic carbocycles. The van der Waals surface area contributed by atoms with E-state index < -0.39 is 0 Å². The molecule has 61 valence electrons. The van der Waals surface area contributed by atoms with Crippen molar-refractivity contribution >= 4 is 0 Å². The van der Waals surface area contributed by atoms with Gasteiger partial charge in [-0.15, -0.1) is 0 Å². The Morgan fingerprint density at radius 3 is 1.80 bits per heavy atom. The summed E-state index contributed by atoms with van der Waals surface area (Å²) in [5, 5.41) is 0. The quantitative estimate of drug-likeness (QED) is 0.564. The van der Waals surface area contributed by atoms with Crippen molar-refractivity contribution in [1.29, 1.82) is 0 Å². The van der Waals surface area contributed by atoms with Crippen LogP contribution in [0.4, 0.5) is 0 Å². The summed E-state index contributed by atoms with van der Waals surface area (Å²) in [4.78, 5) is 0. The predicted molar refractivity (Wildman–Crippen MR) is 47.8 cm³/mol. The highest BCUT2D eigenvalue weighted by Crippen LogP contribution is 2.35. The minimum Gasteiger partial charge on any atom is -0.0651 e. The van der Waals surface area contributed by atoms with Crippen LogP contribution < -0.4 is 0 Å². The topological polar surface area (TPSA) is 0 Å². The maximum Gasteiger partial charge on any atom is -0.0303 e. The Morgan fingerprint density at radius 1 is 1.30 bits per heavy atom. The summed E-state index contributed by atoms with van der Waals surface area (Å²) >= 11 is 0. The Kier molecular flexibility index (Phi) is 3.41. The van der Waals surface area contributed by atoms with Crippen molar-refractivity contribution in [2.45, 2.75) is 41.0 Å². The first-order valence-corrected chi connectivity index (χ1v) is 4.26. The second-order valence-electron chi connectivity index (χ2n) is 4.03. The normalized spacial score (nSPS) is 15.9. The molecular weight excluding hydrogens is 120 g/mol. The van der Waals surface area contributed by atoms with Gasteiger partial charge < -0.3 is 0 Å². The van der Waals surface area contributed by atoms with E-state index in [1.165, 1.54) is 6.42 Å². The molecule has 2 atom stereocenters. The molecule has 0 heteroatoms. The zero-order valence-corrected chi connectivity index (χ0v) is 8.07. The Labute approximate surface area is 66.0 Å². The molecule has 1 radical (unpaired) electrons. The van der Waals surface area contributed by atoms with E-state index >= 15 is 0 Å². The summed E-state index contributed by atoms with van der Waals surface area (Å²) in [5.74, 6) is 1.32. The Balaban J connectivity index is 4.09. The Bertz CT molecular complexity index is 90.2. The van der Waals surface area contributed by atoms with Crippen molar-refractivity contribution in [1.82, 2.24) is 0 Å². The molecule has 0 aromatic carbocycles. The highest BCUT2D eigenvalue weighted by atomic mass is 14.3. The molecule has 0 amide bonds. The van der Waals surface area contributed by atoms with Gasteiger partial charge in [0.25, 0.3) is 0 Å². The maximum absolute atomic E-state index is 4.08. The number of hydrogen-bond acceptors (Lipinski definition) is 0. The molecule has 0 aromatic rings. The highest BCUT2D eigenvalue weighted by molar-refractivity contribution is 4.80. The van der Waals surface area contributed by atoms with Gasteiger partial charge in [-0.1, -0.05) is 41.0 Å². The van der Waals surface area contributed by atoms with Crippen LogP contribution in [0, 0.1) is 24.2 Å². The van der Waals surface area contributed by atoms with Crippen molar-refractivity contribution < 1.29 is 0 Å². The molecule has 0 fully saturated rings. The fraction of sp³-hybridized carbons (Fsp3) is 0.900. The zero-order chi connectivity index (χ0) is 8.36. The van der Waals surface area contributed by atoms with Crippen LogP contribution >= 0.6 is 0 Å². The fourth-order valence-electron chi connectivity index (χ4n) is 1.01. The predicted octanol–water partition coefficient (Wildman–Crippen LogP) is 3.53. The smallest absolute Gasteiger partial charge is 0.0303 e. The van der Waals surface area contributed by atoms with E-state index in [1.54, 1.807) is 0 Å². The second kappa shape index (κ2) is 3.41. The van der Waals surface area contributed by atoms with Crippen LogP contribution in [0.1, 0.15) is 41.0 Å². The summed E-state index contributed by atoms with van der Waals surface area (Å²) in [5.41, 5.74) is 0.398. The van der Waals surface area contributed by atoms with Gasteiger partial charge in [0, 0.05) is 0 Å². The van der Waals surface area contributed by atoms with Crippen molar-refractivity contribution in [2.75, 3.05) is 0 Å². The third-order valence-corrected chi connectivity index (χ3v) is 3.15. The first-order valence-electron chi connectivity index (χ1n) is 4.26. The van der Waals surface area contributed by atoms with Crippen molar-refractivity contribution in [3.05, 3.63) is 6.92 Å². The van der Waals surface area contributed by atoms with Crippen LogP contribution in [0.5, 0.6) is 0 Å². The average Bonchev–Trinajstić information content (AvgIpc) is 1.86. The van der Waals surface area contributed by atoms with E-state index in [9.17, 15) is 0 Å². The van der Waals surface area contributed by atoms with Gasteiger partial charge in [0.05, 0.1) is 0 Å². The molecule has 0 bridgehead atoms.